The number of hydrogen-bond donors (Lipinski definition) is 5. The Hall–Kier alpha value is -6.14. The van der Waals surface area contributed by atoms with Crippen molar-refractivity contribution in [3.63, 3.8) is 0 Å². The maximum atomic E-state index is 13.7. The molecule has 0 aliphatic carbocycles. The second-order valence-electron chi connectivity index (χ2n) is 20.2. The van der Waals surface area contributed by atoms with Gasteiger partial charge in [0.1, 0.15) is 49.1 Å². The van der Waals surface area contributed by atoms with Crippen molar-refractivity contribution in [2.24, 2.45) is 0 Å². The molecule has 7 aromatic rings. The third-order valence-electron chi connectivity index (χ3n) is 11.8. The molecular weight excluding hydrogens is 1180 g/mol. The summed E-state index contributed by atoms with van der Waals surface area (Å²) in [6.45, 7) is 16.5. The number of imidazole rings is 2. The third kappa shape index (κ3) is 19.4. The van der Waals surface area contributed by atoms with E-state index in [9.17, 15) is 47.0 Å². The fourth-order valence-corrected chi connectivity index (χ4v) is 12.5. The number of aliphatic hydroxyl groups is 2. The number of halogens is 4. The van der Waals surface area contributed by atoms with Gasteiger partial charge in [-0.15, -0.1) is 0 Å². The lowest BCUT2D eigenvalue weighted by Crippen LogP contribution is -2.27. The number of anilines is 2. The van der Waals surface area contributed by atoms with Gasteiger partial charge >= 0.3 is 24.1 Å². The first-order chi connectivity index (χ1) is 39.9. The molecule has 0 aliphatic heterocycles. The summed E-state index contributed by atoms with van der Waals surface area (Å²) in [5.41, 5.74) is 1.56. The van der Waals surface area contributed by atoms with Crippen molar-refractivity contribution in [2.45, 2.75) is 129 Å². The summed E-state index contributed by atoms with van der Waals surface area (Å²) in [6, 6.07) is 15.0. The molecule has 2 atom stereocenters. The highest BCUT2D eigenvalue weighted by Crippen LogP contribution is 2.35. The normalized spacial score (nSPS) is 12.5. The molecule has 28 heteroatoms. The van der Waals surface area contributed by atoms with Crippen LogP contribution in [0.5, 0.6) is 5.75 Å². The highest BCUT2D eigenvalue weighted by atomic mass is 33.1. The fourth-order valence-electron chi connectivity index (χ4n) is 8.14. The van der Waals surface area contributed by atoms with Gasteiger partial charge in [-0.3, -0.25) is 20.2 Å². The van der Waals surface area contributed by atoms with Crippen LogP contribution in [-0.2, 0) is 54.8 Å². The van der Waals surface area contributed by atoms with Gasteiger partial charge in [-0.2, -0.15) is 8.78 Å². The van der Waals surface area contributed by atoms with Crippen LogP contribution in [0.4, 0.5) is 38.8 Å². The number of pyridine rings is 2. The molecule has 0 spiro atoms. The van der Waals surface area contributed by atoms with Crippen LogP contribution >= 0.6 is 43.2 Å². The number of carboxylic acid groups (broad SMARTS) is 1. The van der Waals surface area contributed by atoms with Gasteiger partial charge in [0.2, 0.25) is 17.4 Å². The minimum absolute atomic E-state index is 0.0275. The van der Waals surface area contributed by atoms with Gasteiger partial charge in [0.15, 0.2) is 23.3 Å². The van der Waals surface area contributed by atoms with Crippen molar-refractivity contribution in [1.29, 1.82) is 0 Å². The van der Waals surface area contributed by atoms with Crippen LogP contribution in [0.3, 0.4) is 0 Å². The number of carbonyl (C=O) groups excluding carboxylic acids is 3. The first kappa shape index (κ1) is 67.0. The molecule has 0 saturated carbocycles. The first-order valence-electron chi connectivity index (χ1n) is 26.7. The van der Waals surface area contributed by atoms with E-state index in [1.54, 1.807) is 45.4 Å². The van der Waals surface area contributed by atoms with Gasteiger partial charge in [-0.25, -0.2) is 38.3 Å². The van der Waals surface area contributed by atoms with Crippen LogP contribution in [-0.4, -0.2) is 128 Å². The van der Waals surface area contributed by atoms with Crippen molar-refractivity contribution in [3.8, 4) is 5.75 Å². The molecule has 7 rings (SSSR count). The molecule has 4 aromatic heterocycles. The van der Waals surface area contributed by atoms with Gasteiger partial charge in [0.25, 0.3) is 0 Å². The number of aliphatic carboxylic acids is 1. The topological polar surface area (TPSA) is 261 Å². The van der Waals surface area contributed by atoms with Gasteiger partial charge in [-0.1, -0.05) is 93.4 Å². The number of carbonyl (C=O) groups is 4. The van der Waals surface area contributed by atoms with E-state index in [2.05, 4.69) is 25.3 Å². The SMILES string of the molecule is CCOCc1nc2c(NC(=O)OCCSSC(C)CCC(=O)O)nc3ccccc3c2n1CC(C)(C)O.CCOCc1nc2c(NC(=O)OCCSSC(C)CCC(=O)Oc3c(F)c(F)cc(F)c3F)nc3ccccc3c2n1CC(C)(C)O. The van der Waals surface area contributed by atoms with E-state index in [1.807, 2.05) is 78.4 Å². The van der Waals surface area contributed by atoms with Gasteiger partial charge in [0, 0.05) is 64.9 Å². The minimum Gasteiger partial charge on any atom is -0.481 e. The van der Waals surface area contributed by atoms with E-state index < -0.39 is 64.3 Å². The number of hydrogen-bond acceptors (Lipinski definition) is 19. The third-order valence-corrected chi connectivity index (χ3v) is 17.7. The highest BCUT2D eigenvalue weighted by Gasteiger charge is 2.27. The smallest absolute Gasteiger partial charge is 0.412 e. The first-order valence-corrected chi connectivity index (χ1v) is 31.5. The summed E-state index contributed by atoms with van der Waals surface area (Å²) < 4.78 is 84.4. The summed E-state index contributed by atoms with van der Waals surface area (Å²) in [5.74, 6) is -7.56. The lowest BCUT2D eigenvalue weighted by Gasteiger charge is -2.20. The Morgan fingerprint density at radius 3 is 1.46 bits per heavy atom. The molecule has 4 heterocycles. The van der Waals surface area contributed by atoms with E-state index in [1.165, 1.54) is 32.4 Å². The number of rotatable bonds is 29. The molecular formula is C56H68F4N8O12S4. The number of benzene rings is 3. The minimum atomic E-state index is -1.79. The average Bonchev–Trinajstić information content (AvgIpc) is 4.20. The van der Waals surface area contributed by atoms with Crippen molar-refractivity contribution in [1.82, 2.24) is 29.1 Å². The predicted molar refractivity (Wildman–Crippen MR) is 320 cm³/mol. The summed E-state index contributed by atoms with van der Waals surface area (Å²) in [6.07, 6.45) is -0.671. The number of aromatic nitrogens is 6. The van der Waals surface area contributed by atoms with Crippen LogP contribution in [0.15, 0.2) is 54.6 Å². The molecule has 20 nitrogen and oxygen atoms in total. The van der Waals surface area contributed by atoms with Crippen molar-refractivity contribution < 1.29 is 75.7 Å². The number of ether oxygens (including phenoxy) is 5. The van der Waals surface area contributed by atoms with E-state index in [4.69, 9.17) is 34.0 Å². The molecule has 0 bridgehead atoms. The standard InChI is InChI=1S/C31H34F4N4O6S2.C25H34N4O6S2/c1-5-43-15-22-37-26-27(39(22)16-31(3,4)42)18-8-6-7-9-21(18)36-29(26)38-30(41)44-12-13-46-47-17(2)10-11-23(40)45-28-24(34)19(32)14-20(33)25(28)35;1-5-34-14-19-27-21-22(29(19)15-25(3,4)33)17-8-6-7-9-18(17)26-23(21)28-24(32)35-12-13-36-37-16(2)10-11-20(30)31/h6-9,14,17,42H,5,10-13,15-16H2,1-4H3,(H,36,38,41);6-9,16,33H,5,10-15H2,1-4H3,(H,30,31)(H,26,28,32). The molecule has 2 amide bonds. The van der Waals surface area contributed by atoms with Gasteiger partial charge in [0.05, 0.1) is 46.4 Å². The average molecular weight is 1250 g/mol. The summed E-state index contributed by atoms with van der Waals surface area (Å²) in [4.78, 5) is 66.8. The zero-order valence-electron chi connectivity index (χ0n) is 47.6. The summed E-state index contributed by atoms with van der Waals surface area (Å²) in [7, 11) is 5.86. The molecule has 0 saturated heterocycles. The highest BCUT2D eigenvalue weighted by molar-refractivity contribution is 8.77. The molecule has 0 aliphatic rings. The van der Waals surface area contributed by atoms with E-state index >= 15 is 0 Å². The Morgan fingerprint density at radius 1 is 0.643 bits per heavy atom. The number of carboxylic acids is 1. The molecule has 0 fully saturated rings. The second kappa shape index (κ2) is 31.3. The monoisotopic (exact) mass is 1250 g/mol. The Balaban J connectivity index is 0.000000277. The lowest BCUT2D eigenvalue weighted by molar-refractivity contribution is -0.137. The quantitative estimate of drug-likeness (QED) is 0.00729. The Morgan fingerprint density at radius 2 is 1.06 bits per heavy atom. The van der Waals surface area contributed by atoms with Crippen LogP contribution in [0, 0.1) is 23.3 Å². The van der Waals surface area contributed by atoms with Crippen LogP contribution < -0.4 is 15.4 Å². The molecule has 2 unspecified atom stereocenters. The number of nitrogens with one attached hydrogen (secondary N) is 2. The Kier molecular flexibility index (Phi) is 25.0. The summed E-state index contributed by atoms with van der Waals surface area (Å²) in [5, 5.41) is 37.1. The van der Waals surface area contributed by atoms with Crippen molar-refractivity contribution >= 4 is 123 Å². The lowest BCUT2D eigenvalue weighted by atomic mass is 10.1. The molecule has 5 N–H and O–H groups in total. The number of esters is 1. The van der Waals surface area contributed by atoms with E-state index in [0.717, 1.165) is 16.3 Å². The molecule has 3 aromatic carbocycles. The van der Waals surface area contributed by atoms with Crippen molar-refractivity contribution in [3.05, 3.63) is 89.5 Å². The van der Waals surface area contributed by atoms with Crippen LogP contribution in [0.1, 0.15) is 92.7 Å². The maximum Gasteiger partial charge on any atom is 0.412 e. The van der Waals surface area contributed by atoms with Gasteiger partial charge < -0.3 is 48.1 Å². The predicted octanol–water partition coefficient (Wildman–Crippen LogP) is 12.2. The zero-order chi connectivity index (χ0) is 61.3. The number of amides is 2. The number of para-hydroxylation sites is 2. The molecule has 456 valence electrons. The zero-order valence-corrected chi connectivity index (χ0v) is 50.9. The fraction of sp³-hybridized carbons (Fsp3) is 0.464. The number of nitrogens with zero attached hydrogens (tertiary/aromatic N) is 6. The van der Waals surface area contributed by atoms with Crippen LogP contribution in [0.25, 0.3) is 43.9 Å². The largest absolute Gasteiger partial charge is 0.481 e. The summed E-state index contributed by atoms with van der Waals surface area (Å²) >= 11 is 0. The second-order valence-corrected chi connectivity index (χ2v) is 26.1. The molecule has 0 radical (unpaired) electrons. The molecule has 84 heavy (non-hydrogen) atoms. The van der Waals surface area contributed by atoms with Gasteiger partial charge in [-0.05, 0) is 66.5 Å². The maximum absolute atomic E-state index is 13.7. The number of fused-ring (bicyclic) bond motifs is 6. The van der Waals surface area contributed by atoms with Crippen LogP contribution in [0.2, 0.25) is 0 Å². The van der Waals surface area contributed by atoms with E-state index in [0.29, 0.717) is 70.4 Å². The Bertz CT molecular complexity index is 3390. The van der Waals surface area contributed by atoms with Crippen molar-refractivity contribution in [2.75, 3.05) is 48.6 Å². The Labute approximate surface area is 498 Å². The van der Waals surface area contributed by atoms with E-state index in [-0.39, 0.29) is 87.0 Å².